The molecule has 92 valence electrons. The van der Waals surface area contributed by atoms with Crippen LogP contribution in [0.4, 0.5) is 0 Å². The molecule has 15 heavy (non-hydrogen) atoms. The molecule has 0 fully saturated rings. The summed E-state index contributed by atoms with van der Waals surface area (Å²) in [5.74, 6) is 1.66. The van der Waals surface area contributed by atoms with Gasteiger partial charge >= 0.3 is 0 Å². The van der Waals surface area contributed by atoms with Gasteiger partial charge in [-0.05, 0) is 64.2 Å². The van der Waals surface area contributed by atoms with Crippen LogP contribution in [0.15, 0.2) is 0 Å². The Hall–Kier alpha value is -0.0800. The molecule has 0 saturated heterocycles. The predicted molar refractivity (Wildman–Crippen MR) is 69.3 cm³/mol. The van der Waals surface area contributed by atoms with Crippen LogP contribution in [0.2, 0.25) is 0 Å². The summed E-state index contributed by atoms with van der Waals surface area (Å²) in [7, 11) is 2.02. The van der Waals surface area contributed by atoms with E-state index < -0.39 is 0 Å². The van der Waals surface area contributed by atoms with Gasteiger partial charge in [-0.1, -0.05) is 20.8 Å². The smallest absolute Gasteiger partial charge is 0.00231 e. The standard InChI is InChI=1S/C13H30N2/c1-12(2)7-5-10-15-11-13(3)8-6-9-14-4/h12-15H,5-11H2,1-4H3. The summed E-state index contributed by atoms with van der Waals surface area (Å²) in [5.41, 5.74) is 0. The Morgan fingerprint density at radius 2 is 1.60 bits per heavy atom. The summed E-state index contributed by atoms with van der Waals surface area (Å²) in [5, 5.41) is 6.74. The molecule has 0 aliphatic rings. The Labute approximate surface area is 96.2 Å². The maximum absolute atomic E-state index is 3.55. The SMILES string of the molecule is CNCCCC(C)CNCCCC(C)C. The predicted octanol–water partition coefficient (Wildman–Crippen LogP) is 2.65. The van der Waals surface area contributed by atoms with Crippen LogP contribution in [0.1, 0.15) is 46.5 Å². The van der Waals surface area contributed by atoms with Gasteiger partial charge in [0.2, 0.25) is 0 Å². The molecule has 0 aliphatic carbocycles. The lowest BCUT2D eigenvalue weighted by Crippen LogP contribution is -2.23. The monoisotopic (exact) mass is 214 g/mol. The van der Waals surface area contributed by atoms with Crippen LogP contribution < -0.4 is 10.6 Å². The van der Waals surface area contributed by atoms with E-state index in [4.69, 9.17) is 0 Å². The van der Waals surface area contributed by atoms with E-state index in [0.29, 0.717) is 0 Å². The fourth-order valence-electron chi connectivity index (χ4n) is 1.71. The molecular formula is C13H30N2. The number of hydrogen-bond donors (Lipinski definition) is 2. The zero-order valence-corrected chi connectivity index (χ0v) is 11.1. The van der Waals surface area contributed by atoms with E-state index in [9.17, 15) is 0 Å². The highest BCUT2D eigenvalue weighted by Crippen LogP contribution is 2.04. The highest BCUT2D eigenvalue weighted by molar-refractivity contribution is 4.58. The first kappa shape index (κ1) is 14.9. The molecule has 0 aliphatic heterocycles. The summed E-state index contributed by atoms with van der Waals surface area (Å²) >= 11 is 0. The number of rotatable bonds is 10. The lowest BCUT2D eigenvalue weighted by molar-refractivity contribution is 0.448. The Morgan fingerprint density at radius 1 is 0.933 bits per heavy atom. The molecule has 0 saturated carbocycles. The average Bonchev–Trinajstić information content (AvgIpc) is 2.17. The fourth-order valence-corrected chi connectivity index (χ4v) is 1.71. The Balaban J connectivity index is 3.13. The normalized spacial score (nSPS) is 13.4. The third-order valence-electron chi connectivity index (χ3n) is 2.75. The average molecular weight is 214 g/mol. The lowest BCUT2D eigenvalue weighted by atomic mass is 10.1. The first-order valence-corrected chi connectivity index (χ1v) is 6.52. The van der Waals surface area contributed by atoms with Gasteiger partial charge in [0.1, 0.15) is 0 Å². The third-order valence-corrected chi connectivity index (χ3v) is 2.75. The van der Waals surface area contributed by atoms with Crippen molar-refractivity contribution in [1.82, 2.24) is 10.6 Å². The van der Waals surface area contributed by atoms with Crippen LogP contribution in [0, 0.1) is 11.8 Å². The first-order valence-electron chi connectivity index (χ1n) is 6.52. The minimum absolute atomic E-state index is 0.817. The lowest BCUT2D eigenvalue weighted by Gasteiger charge is -2.12. The third kappa shape index (κ3) is 11.8. The second-order valence-electron chi connectivity index (χ2n) is 5.09. The van der Waals surface area contributed by atoms with E-state index in [1.807, 2.05) is 7.05 Å². The fraction of sp³-hybridized carbons (Fsp3) is 1.00. The van der Waals surface area contributed by atoms with Gasteiger partial charge in [-0.15, -0.1) is 0 Å². The second-order valence-corrected chi connectivity index (χ2v) is 5.09. The van der Waals surface area contributed by atoms with Crippen LogP contribution in [-0.4, -0.2) is 26.7 Å². The van der Waals surface area contributed by atoms with E-state index >= 15 is 0 Å². The molecule has 1 unspecified atom stereocenters. The van der Waals surface area contributed by atoms with E-state index in [2.05, 4.69) is 31.4 Å². The van der Waals surface area contributed by atoms with Crippen LogP contribution in [0.5, 0.6) is 0 Å². The molecular weight excluding hydrogens is 184 g/mol. The van der Waals surface area contributed by atoms with Gasteiger partial charge in [-0.25, -0.2) is 0 Å². The zero-order valence-electron chi connectivity index (χ0n) is 11.1. The Kier molecular flexibility index (Phi) is 10.4. The maximum atomic E-state index is 3.55. The van der Waals surface area contributed by atoms with Crippen molar-refractivity contribution >= 4 is 0 Å². The minimum atomic E-state index is 0.817. The molecule has 0 spiro atoms. The summed E-state index contributed by atoms with van der Waals surface area (Å²) in [6, 6.07) is 0. The summed E-state index contributed by atoms with van der Waals surface area (Å²) < 4.78 is 0. The van der Waals surface area contributed by atoms with Gasteiger partial charge in [0.05, 0.1) is 0 Å². The highest BCUT2D eigenvalue weighted by atomic mass is 14.9. The van der Waals surface area contributed by atoms with Crippen molar-refractivity contribution in [2.75, 3.05) is 26.7 Å². The highest BCUT2D eigenvalue weighted by Gasteiger charge is 2.00. The first-order chi connectivity index (χ1) is 7.16. The van der Waals surface area contributed by atoms with Gasteiger partial charge in [0, 0.05) is 0 Å². The maximum Gasteiger partial charge on any atom is -0.00231 e. The molecule has 0 aromatic carbocycles. The van der Waals surface area contributed by atoms with Gasteiger partial charge in [0.25, 0.3) is 0 Å². The minimum Gasteiger partial charge on any atom is -0.320 e. The van der Waals surface area contributed by atoms with Crippen molar-refractivity contribution in [2.45, 2.75) is 46.5 Å². The van der Waals surface area contributed by atoms with E-state index in [1.165, 1.54) is 38.8 Å². The molecule has 0 bridgehead atoms. The second kappa shape index (κ2) is 10.4. The van der Waals surface area contributed by atoms with Gasteiger partial charge in [-0.3, -0.25) is 0 Å². The van der Waals surface area contributed by atoms with Crippen LogP contribution in [0.3, 0.4) is 0 Å². The molecule has 2 nitrogen and oxygen atoms in total. The molecule has 2 N–H and O–H groups in total. The largest absolute Gasteiger partial charge is 0.320 e. The topological polar surface area (TPSA) is 24.1 Å². The molecule has 2 heteroatoms. The van der Waals surface area contributed by atoms with E-state index in [1.54, 1.807) is 0 Å². The van der Waals surface area contributed by atoms with Gasteiger partial charge in [-0.2, -0.15) is 0 Å². The Morgan fingerprint density at radius 3 is 2.20 bits per heavy atom. The van der Waals surface area contributed by atoms with Crippen molar-refractivity contribution in [3.63, 3.8) is 0 Å². The van der Waals surface area contributed by atoms with Crippen molar-refractivity contribution in [3.05, 3.63) is 0 Å². The summed E-state index contributed by atoms with van der Waals surface area (Å²) in [6.07, 6.45) is 5.30. The molecule has 1 atom stereocenters. The van der Waals surface area contributed by atoms with Gasteiger partial charge in [0.15, 0.2) is 0 Å². The van der Waals surface area contributed by atoms with E-state index in [0.717, 1.165) is 18.4 Å². The summed E-state index contributed by atoms with van der Waals surface area (Å²) in [4.78, 5) is 0. The Bertz CT molecular complexity index is 124. The number of nitrogens with one attached hydrogen (secondary N) is 2. The number of hydrogen-bond acceptors (Lipinski definition) is 2. The van der Waals surface area contributed by atoms with Crippen LogP contribution >= 0.6 is 0 Å². The molecule has 0 radical (unpaired) electrons. The van der Waals surface area contributed by atoms with E-state index in [-0.39, 0.29) is 0 Å². The summed E-state index contributed by atoms with van der Waals surface area (Å²) in [6.45, 7) is 10.4. The van der Waals surface area contributed by atoms with Gasteiger partial charge < -0.3 is 10.6 Å². The molecule has 0 rings (SSSR count). The molecule has 0 amide bonds. The van der Waals surface area contributed by atoms with Crippen molar-refractivity contribution in [1.29, 1.82) is 0 Å². The van der Waals surface area contributed by atoms with Crippen molar-refractivity contribution in [2.24, 2.45) is 11.8 Å². The quantitative estimate of drug-likeness (QED) is 0.546. The zero-order chi connectivity index (χ0) is 11.5. The molecule has 0 aromatic rings. The molecule has 0 heterocycles. The molecule has 0 aromatic heterocycles. The van der Waals surface area contributed by atoms with Crippen LogP contribution in [-0.2, 0) is 0 Å². The van der Waals surface area contributed by atoms with Crippen LogP contribution in [0.25, 0.3) is 0 Å². The van der Waals surface area contributed by atoms with Crippen molar-refractivity contribution in [3.8, 4) is 0 Å². The van der Waals surface area contributed by atoms with Crippen molar-refractivity contribution < 1.29 is 0 Å².